The molecule has 0 atom stereocenters. The minimum atomic E-state index is -0.519. The van der Waals surface area contributed by atoms with Crippen molar-refractivity contribution in [2.45, 2.75) is 33.8 Å². The predicted molar refractivity (Wildman–Crippen MR) is 116 cm³/mol. The molecule has 0 fully saturated rings. The number of anilines is 3. The van der Waals surface area contributed by atoms with Crippen molar-refractivity contribution in [3.63, 3.8) is 0 Å². The second kappa shape index (κ2) is 8.58. The van der Waals surface area contributed by atoms with E-state index in [0.717, 1.165) is 16.3 Å². The zero-order chi connectivity index (χ0) is 21.1. The summed E-state index contributed by atoms with van der Waals surface area (Å²) in [7, 11) is 0. The first-order valence-electron chi connectivity index (χ1n) is 8.81. The van der Waals surface area contributed by atoms with E-state index in [4.69, 9.17) is 10.5 Å². The number of nitrogens with two attached hydrogens (primary N) is 1. The second-order valence-corrected chi connectivity index (χ2v) is 8.38. The van der Waals surface area contributed by atoms with Crippen LogP contribution in [0, 0.1) is 6.92 Å². The second-order valence-electron chi connectivity index (χ2n) is 6.52. The van der Waals surface area contributed by atoms with Crippen molar-refractivity contribution < 1.29 is 14.3 Å². The number of hydrogen-bond donors (Lipinski definition) is 3. The minimum Gasteiger partial charge on any atom is -0.489 e. The number of hydrogen-bond acceptors (Lipinski definition) is 8. The number of rotatable bonds is 7. The summed E-state index contributed by atoms with van der Waals surface area (Å²) in [5, 5.41) is 8.97. The number of nitrogens with one attached hydrogen (secondary N) is 2. The number of carbonyl (C=O) groups is 2. The molecule has 0 aliphatic rings. The van der Waals surface area contributed by atoms with Crippen LogP contribution in [0.2, 0.25) is 0 Å². The van der Waals surface area contributed by atoms with Crippen LogP contribution in [0.5, 0.6) is 5.75 Å². The van der Waals surface area contributed by atoms with Gasteiger partial charge in [-0.1, -0.05) is 11.3 Å². The maximum Gasteiger partial charge on any atom is 0.248 e. The Labute approximate surface area is 176 Å². The van der Waals surface area contributed by atoms with Gasteiger partial charge in [0.05, 0.1) is 28.1 Å². The Morgan fingerprint density at radius 2 is 1.97 bits per heavy atom. The van der Waals surface area contributed by atoms with Crippen LogP contribution in [0.3, 0.4) is 0 Å². The molecular weight excluding hydrogens is 410 g/mol. The van der Waals surface area contributed by atoms with E-state index in [1.165, 1.54) is 29.6 Å². The number of primary amides is 1. The fourth-order valence-electron chi connectivity index (χ4n) is 2.53. The normalized spacial score (nSPS) is 10.8. The van der Waals surface area contributed by atoms with E-state index in [2.05, 4.69) is 20.6 Å². The molecule has 152 valence electrons. The molecule has 1 aromatic carbocycles. The zero-order valence-corrected chi connectivity index (χ0v) is 18.0. The van der Waals surface area contributed by atoms with Gasteiger partial charge in [-0.05, 0) is 39.0 Å². The van der Waals surface area contributed by atoms with Gasteiger partial charge in [-0.3, -0.25) is 9.59 Å². The fourth-order valence-corrected chi connectivity index (χ4v) is 4.29. The van der Waals surface area contributed by atoms with Gasteiger partial charge in [-0.25, -0.2) is 9.97 Å². The van der Waals surface area contributed by atoms with Gasteiger partial charge in [-0.15, -0.1) is 11.3 Å². The summed E-state index contributed by atoms with van der Waals surface area (Å²) in [4.78, 5) is 32.7. The fraction of sp³-hybridized carbons (Fsp3) is 0.263. The van der Waals surface area contributed by atoms with Crippen LogP contribution in [0.15, 0.2) is 23.6 Å². The highest BCUT2D eigenvalue weighted by Gasteiger charge is 2.16. The molecule has 0 spiro atoms. The highest BCUT2D eigenvalue weighted by Crippen LogP contribution is 2.36. The first-order chi connectivity index (χ1) is 13.7. The zero-order valence-electron chi connectivity index (χ0n) is 16.4. The molecule has 10 heteroatoms. The van der Waals surface area contributed by atoms with Crippen molar-refractivity contribution in [3.8, 4) is 16.3 Å². The molecule has 3 rings (SSSR count). The Hall–Kier alpha value is -2.98. The SMILES string of the molecule is CC(=O)Nc1nc(C)c(-c2csc(Nc3cc(C(N)=O)ccc3OC(C)C)n2)s1. The Morgan fingerprint density at radius 3 is 2.62 bits per heavy atom. The number of aromatic nitrogens is 2. The number of ether oxygens (including phenoxy) is 1. The first kappa shape index (κ1) is 20.7. The molecule has 4 N–H and O–H groups in total. The van der Waals surface area contributed by atoms with E-state index in [1.807, 2.05) is 26.2 Å². The highest BCUT2D eigenvalue weighted by atomic mass is 32.1. The van der Waals surface area contributed by atoms with Crippen molar-refractivity contribution in [3.05, 3.63) is 34.8 Å². The van der Waals surface area contributed by atoms with Crippen LogP contribution in [-0.2, 0) is 4.79 Å². The summed E-state index contributed by atoms with van der Waals surface area (Å²) in [6.45, 7) is 7.16. The van der Waals surface area contributed by atoms with Crippen LogP contribution in [0.25, 0.3) is 10.6 Å². The largest absolute Gasteiger partial charge is 0.489 e. The molecule has 2 amide bonds. The van der Waals surface area contributed by atoms with Crippen molar-refractivity contribution in [1.82, 2.24) is 9.97 Å². The lowest BCUT2D eigenvalue weighted by atomic mass is 10.1. The molecule has 0 aliphatic carbocycles. The average molecular weight is 432 g/mol. The van der Waals surface area contributed by atoms with Crippen molar-refractivity contribution >= 4 is 50.4 Å². The number of carbonyl (C=O) groups excluding carboxylic acids is 2. The van der Waals surface area contributed by atoms with Gasteiger partial charge in [0, 0.05) is 17.9 Å². The van der Waals surface area contributed by atoms with E-state index >= 15 is 0 Å². The number of nitrogens with zero attached hydrogens (tertiary/aromatic N) is 2. The van der Waals surface area contributed by atoms with E-state index < -0.39 is 5.91 Å². The van der Waals surface area contributed by atoms with Crippen LogP contribution in [0.1, 0.15) is 36.8 Å². The van der Waals surface area contributed by atoms with Crippen LogP contribution < -0.4 is 21.1 Å². The highest BCUT2D eigenvalue weighted by molar-refractivity contribution is 7.20. The monoisotopic (exact) mass is 431 g/mol. The van der Waals surface area contributed by atoms with Gasteiger partial charge in [0.15, 0.2) is 10.3 Å². The van der Waals surface area contributed by atoms with E-state index in [1.54, 1.807) is 18.2 Å². The van der Waals surface area contributed by atoms with Crippen molar-refractivity contribution in [1.29, 1.82) is 0 Å². The van der Waals surface area contributed by atoms with Gasteiger partial charge >= 0.3 is 0 Å². The van der Waals surface area contributed by atoms with Crippen molar-refractivity contribution in [2.24, 2.45) is 5.73 Å². The summed E-state index contributed by atoms with van der Waals surface area (Å²) < 4.78 is 5.82. The molecule has 0 saturated heterocycles. The molecule has 3 aromatic rings. The standard InChI is InChI=1S/C19H21N5O3S2/c1-9(2)27-15-6-5-12(17(20)26)7-13(15)23-18-24-14(8-28-18)16-10(3)21-19(29-16)22-11(4)25/h5-9H,1-4H3,(H2,20,26)(H,23,24)(H,21,22,25). The van der Waals surface area contributed by atoms with E-state index in [-0.39, 0.29) is 12.0 Å². The minimum absolute atomic E-state index is 0.0335. The molecule has 0 bridgehead atoms. The summed E-state index contributed by atoms with van der Waals surface area (Å²) in [5.41, 5.74) is 7.92. The Kier molecular flexibility index (Phi) is 6.14. The van der Waals surface area contributed by atoms with Gasteiger partial charge < -0.3 is 21.1 Å². The third-order valence-electron chi connectivity index (χ3n) is 3.68. The van der Waals surface area contributed by atoms with E-state index in [0.29, 0.717) is 27.3 Å². The van der Waals surface area contributed by atoms with Crippen molar-refractivity contribution in [2.75, 3.05) is 10.6 Å². The average Bonchev–Trinajstić information content (AvgIpc) is 3.21. The maximum atomic E-state index is 11.5. The van der Waals surface area contributed by atoms with Gasteiger partial charge in [0.2, 0.25) is 11.8 Å². The molecular formula is C19H21N5O3S2. The molecule has 0 aliphatic heterocycles. The Bertz CT molecular complexity index is 1060. The third-order valence-corrected chi connectivity index (χ3v) is 5.54. The number of benzene rings is 1. The number of amides is 2. The molecule has 2 aromatic heterocycles. The predicted octanol–water partition coefficient (Wildman–Crippen LogP) is 4.16. The van der Waals surface area contributed by atoms with Crippen LogP contribution in [0.4, 0.5) is 16.0 Å². The lowest BCUT2D eigenvalue weighted by Gasteiger charge is -2.15. The van der Waals surface area contributed by atoms with Gasteiger partial charge in [0.1, 0.15) is 5.75 Å². The number of aryl methyl sites for hydroxylation is 1. The third kappa shape index (κ3) is 5.09. The Balaban J connectivity index is 1.88. The number of thiazole rings is 2. The lowest BCUT2D eigenvalue weighted by molar-refractivity contribution is -0.114. The van der Waals surface area contributed by atoms with Gasteiger partial charge in [0.25, 0.3) is 0 Å². The summed E-state index contributed by atoms with van der Waals surface area (Å²) in [5.74, 6) is -0.0867. The first-order valence-corrected chi connectivity index (χ1v) is 10.5. The topological polar surface area (TPSA) is 119 Å². The maximum absolute atomic E-state index is 11.5. The molecule has 0 saturated carbocycles. The molecule has 2 heterocycles. The lowest BCUT2D eigenvalue weighted by Crippen LogP contribution is -2.12. The molecule has 8 nitrogen and oxygen atoms in total. The summed E-state index contributed by atoms with van der Waals surface area (Å²) in [6.07, 6.45) is -0.0335. The summed E-state index contributed by atoms with van der Waals surface area (Å²) >= 11 is 2.78. The molecule has 0 radical (unpaired) electrons. The molecule has 29 heavy (non-hydrogen) atoms. The smallest absolute Gasteiger partial charge is 0.248 e. The summed E-state index contributed by atoms with van der Waals surface area (Å²) in [6, 6.07) is 4.99. The molecule has 0 unspecified atom stereocenters. The van der Waals surface area contributed by atoms with E-state index in [9.17, 15) is 9.59 Å². The van der Waals surface area contributed by atoms with Crippen LogP contribution in [-0.4, -0.2) is 27.9 Å². The Morgan fingerprint density at radius 1 is 1.21 bits per heavy atom. The van der Waals surface area contributed by atoms with Crippen LogP contribution >= 0.6 is 22.7 Å². The quantitative estimate of drug-likeness (QED) is 0.517. The van der Waals surface area contributed by atoms with Gasteiger partial charge in [-0.2, -0.15) is 0 Å².